The van der Waals surface area contributed by atoms with E-state index in [9.17, 15) is 14.4 Å². The van der Waals surface area contributed by atoms with Crippen LogP contribution in [0, 0.1) is 11.8 Å². The molecule has 0 bridgehead atoms. The molecule has 4 heterocycles. The Morgan fingerprint density at radius 3 is 2.50 bits per heavy atom. The van der Waals surface area contributed by atoms with Crippen molar-refractivity contribution in [3.05, 3.63) is 72.8 Å². The van der Waals surface area contributed by atoms with Crippen LogP contribution in [0.3, 0.4) is 0 Å². The summed E-state index contributed by atoms with van der Waals surface area (Å²) in [5, 5.41) is 0. The zero-order chi connectivity index (χ0) is 22.0. The maximum Gasteiger partial charge on any atom is 0.253 e. The Labute approximate surface area is 187 Å². The number of imide groups is 1. The largest absolute Gasteiger partial charge is 0.306 e. The highest BCUT2D eigenvalue weighted by molar-refractivity contribution is 6.26. The van der Waals surface area contributed by atoms with Crippen molar-refractivity contribution in [3.63, 3.8) is 0 Å². The molecule has 4 atom stereocenters. The summed E-state index contributed by atoms with van der Waals surface area (Å²) in [5.41, 5.74) is 1.12. The van der Waals surface area contributed by atoms with E-state index >= 15 is 0 Å². The third-order valence-corrected chi connectivity index (χ3v) is 7.72. The van der Waals surface area contributed by atoms with Crippen LogP contribution in [0.2, 0.25) is 0 Å². The fraction of sp³-hybridized carbons (Fsp3) is 0.346. The minimum atomic E-state index is -1.13. The van der Waals surface area contributed by atoms with E-state index in [1.165, 1.54) is 4.90 Å². The maximum atomic E-state index is 14.2. The highest BCUT2D eigenvalue weighted by atomic mass is 16.2. The molecule has 162 valence electrons. The van der Waals surface area contributed by atoms with Crippen molar-refractivity contribution < 1.29 is 14.4 Å². The summed E-state index contributed by atoms with van der Waals surface area (Å²) in [5.74, 6) is -1.77. The van der Waals surface area contributed by atoms with Gasteiger partial charge in [0.15, 0.2) is 0 Å². The molecule has 6 rings (SSSR count). The molecule has 0 radical (unpaired) electrons. The number of nitrogens with zero attached hydrogens (tertiary/aromatic N) is 3. The number of anilines is 2. The zero-order valence-corrected chi connectivity index (χ0v) is 17.8. The first kappa shape index (κ1) is 19.4. The molecule has 4 aliphatic heterocycles. The monoisotopic (exact) mass is 427 g/mol. The Kier molecular flexibility index (Phi) is 4.17. The van der Waals surface area contributed by atoms with E-state index in [0.717, 1.165) is 30.5 Å². The standard InChI is InChI=1S/C26H25N3O3/c1-2-15-27-19-13-7-6-12-18(19)26(25(27)32)22-21(20-14-8-9-16-28(20)26)23(30)29(24(22)31)17-10-4-3-5-11-17/h2-7,10-13,20-22H,1,8-9,14-16H2/t20-,21-,22-,26-/m1/s1. The van der Waals surface area contributed by atoms with Crippen LogP contribution in [0.4, 0.5) is 11.4 Å². The van der Waals surface area contributed by atoms with Crippen molar-refractivity contribution in [2.24, 2.45) is 11.8 Å². The van der Waals surface area contributed by atoms with Gasteiger partial charge in [-0.1, -0.05) is 48.9 Å². The number of carbonyl (C=O) groups is 3. The molecule has 1 spiro atoms. The number of hydrogen-bond acceptors (Lipinski definition) is 4. The van der Waals surface area contributed by atoms with Gasteiger partial charge in [0, 0.05) is 23.8 Å². The molecule has 6 nitrogen and oxygen atoms in total. The van der Waals surface area contributed by atoms with Crippen molar-refractivity contribution >= 4 is 29.1 Å². The average molecular weight is 428 g/mol. The van der Waals surface area contributed by atoms with Crippen molar-refractivity contribution in [3.8, 4) is 0 Å². The molecular weight excluding hydrogens is 402 g/mol. The van der Waals surface area contributed by atoms with Gasteiger partial charge in [0.1, 0.15) is 5.54 Å². The van der Waals surface area contributed by atoms with Crippen LogP contribution in [-0.2, 0) is 19.9 Å². The Hall–Kier alpha value is -3.25. The molecule has 0 unspecified atom stereocenters. The van der Waals surface area contributed by atoms with E-state index in [1.54, 1.807) is 23.1 Å². The lowest BCUT2D eigenvalue weighted by atomic mass is 9.76. The van der Waals surface area contributed by atoms with E-state index in [1.807, 2.05) is 42.5 Å². The number of carbonyl (C=O) groups excluding carboxylic acids is 3. The molecule has 3 saturated heterocycles. The zero-order valence-electron chi connectivity index (χ0n) is 17.8. The lowest BCUT2D eigenvalue weighted by Crippen LogP contribution is -2.58. The van der Waals surface area contributed by atoms with Gasteiger partial charge in [-0.15, -0.1) is 6.58 Å². The number of fused-ring (bicyclic) bond motifs is 7. The Bertz CT molecular complexity index is 1150. The summed E-state index contributed by atoms with van der Waals surface area (Å²) in [6, 6.07) is 16.7. The molecule has 0 aliphatic carbocycles. The SMILES string of the molecule is C=CCN1C(=O)[C@@]2(c3ccccc31)[C@H]1C(=O)N(c3ccccc3)C(=O)[C@@H]1[C@H]1CCCCN12. The van der Waals surface area contributed by atoms with Crippen LogP contribution >= 0.6 is 0 Å². The molecule has 0 aromatic heterocycles. The molecular formula is C26H25N3O3. The number of para-hydroxylation sites is 2. The van der Waals surface area contributed by atoms with Gasteiger partial charge < -0.3 is 4.90 Å². The number of piperidine rings is 1. The normalized spacial score (nSPS) is 31.2. The summed E-state index contributed by atoms with van der Waals surface area (Å²) < 4.78 is 0. The molecule has 2 aromatic rings. The second kappa shape index (κ2) is 6.87. The summed E-state index contributed by atoms with van der Waals surface area (Å²) in [7, 11) is 0. The van der Waals surface area contributed by atoms with E-state index in [-0.39, 0.29) is 23.8 Å². The lowest BCUT2D eigenvalue weighted by molar-refractivity contribution is -0.138. The Balaban J connectivity index is 1.58. The van der Waals surface area contributed by atoms with E-state index < -0.39 is 17.4 Å². The second-order valence-electron chi connectivity index (χ2n) is 9.10. The number of rotatable bonds is 3. The van der Waals surface area contributed by atoms with Gasteiger partial charge in [0.2, 0.25) is 11.8 Å². The highest BCUT2D eigenvalue weighted by Gasteiger charge is 2.75. The summed E-state index contributed by atoms with van der Waals surface area (Å²) >= 11 is 0. The van der Waals surface area contributed by atoms with Crippen LogP contribution < -0.4 is 9.80 Å². The van der Waals surface area contributed by atoms with Gasteiger partial charge in [-0.2, -0.15) is 0 Å². The molecule has 2 aromatic carbocycles. The van der Waals surface area contributed by atoms with Gasteiger partial charge in [0.05, 0.1) is 17.5 Å². The third kappa shape index (κ3) is 2.20. The van der Waals surface area contributed by atoms with Gasteiger partial charge in [-0.3, -0.25) is 19.3 Å². The predicted octanol–water partition coefficient (Wildman–Crippen LogP) is 3.09. The molecule has 3 fully saturated rings. The Morgan fingerprint density at radius 1 is 0.969 bits per heavy atom. The van der Waals surface area contributed by atoms with Crippen molar-refractivity contribution in [1.29, 1.82) is 0 Å². The second-order valence-corrected chi connectivity index (χ2v) is 9.10. The first-order valence-electron chi connectivity index (χ1n) is 11.3. The van der Waals surface area contributed by atoms with Gasteiger partial charge >= 0.3 is 0 Å². The minimum Gasteiger partial charge on any atom is -0.306 e. The average Bonchev–Trinajstić information content (AvgIpc) is 3.37. The van der Waals surface area contributed by atoms with Crippen LogP contribution in [0.25, 0.3) is 0 Å². The Morgan fingerprint density at radius 2 is 1.72 bits per heavy atom. The summed E-state index contributed by atoms with van der Waals surface area (Å²) in [6.45, 7) is 4.92. The first-order valence-corrected chi connectivity index (χ1v) is 11.3. The maximum absolute atomic E-state index is 14.2. The minimum absolute atomic E-state index is 0.103. The molecule has 3 amide bonds. The number of benzene rings is 2. The van der Waals surface area contributed by atoms with Crippen molar-refractivity contribution in [2.75, 3.05) is 22.9 Å². The lowest BCUT2D eigenvalue weighted by Gasteiger charge is -2.42. The summed E-state index contributed by atoms with van der Waals surface area (Å²) in [4.78, 5) is 47.3. The van der Waals surface area contributed by atoms with Gasteiger partial charge in [0.25, 0.3) is 5.91 Å². The van der Waals surface area contributed by atoms with E-state index in [4.69, 9.17) is 0 Å². The van der Waals surface area contributed by atoms with Gasteiger partial charge in [-0.05, 0) is 37.6 Å². The fourth-order valence-corrected chi connectivity index (χ4v) is 6.65. The van der Waals surface area contributed by atoms with Crippen LogP contribution in [0.1, 0.15) is 24.8 Å². The molecule has 32 heavy (non-hydrogen) atoms. The molecule has 0 N–H and O–H groups in total. The fourth-order valence-electron chi connectivity index (χ4n) is 6.65. The van der Waals surface area contributed by atoms with Crippen molar-refractivity contribution in [1.82, 2.24) is 4.90 Å². The number of amides is 3. The smallest absolute Gasteiger partial charge is 0.253 e. The van der Waals surface area contributed by atoms with Crippen LogP contribution in [0.15, 0.2) is 67.3 Å². The molecule has 4 aliphatic rings. The highest BCUT2D eigenvalue weighted by Crippen LogP contribution is 2.61. The first-order chi connectivity index (χ1) is 15.6. The van der Waals surface area contributed by atoms with E-state index in [0.29, 0.717) is 18.8 Å². The molecule has 6 heteroatoms. The van der Waals surface area contributed by atoms with Crippen LogP contribution in [0.5, 0.6) is 0 Å². The van der Waals surface area contributed by atoms with E-state index in [2.05, 4.69) is 11.5 Å². The quantitative estimate of drug-likeness (QED) is 0.558. The topological polar surface area (TPSA) is 60.9 Å². The van der Waals surface area contributed by atoms with Crippen LogP contribution in [-0.4, -0.2) is 41.8 Å². The van der Waals surface area contributed by atoms with Gasteiger partial charge in [-0.25, -0.2) is 4.90 Å². The molecule has 0 saturated carbocycles. The summed E-state index contributed by atoms with van der Waals surface area (Å²) in [6.07, 6.45) is 4.49. The predicted molar refractivity (Wildman–Crippen MR) is 121 cm³/mol. The third-order valence-electron chi connectivity index (χ3n) is 7.72. The number of hydrogen-bond donors (Lipinski definition) is 0. The van der Waals surface area contributed by atoms with Crippen molar-refractivity contribution in [2.45, 2.75) is 30.8 Å².